The van der Waals surface area contributed by atoms with Crippen molar-refractivity contribution in [2.75, 3.05) is 11.4 Å². The summed E-state index contributed by atoms with van der Waals surface area (Å²) in [7, 11) is 1.98. The Hall–Kier alpha value is -3.09. The highest BCUT2D eigenvalue weighted by molar-refractivity contribution is 7.21. The van der Waals surface area contributed by atoms with Crippen molar-refractivity contribution in [1.82, 2.24) is 0 Å². The van der Waals surface area contributed by atoms with Gasteiger partial charge in [-0.25, -0.2) is 4.57 Å². The molecule has 0 saturated carbocycles. The van der Waals surface area contributed by atoms with Crippen LogP contribution in [0.5, 0.6) is 0 Å². The highest BCUT2D eigenvalue weighted by Gasteiger charge is 2.16. The van der Waals surface area contributed by atoms with Gasteiger partial charge in [0.25, 0.3) is 0 Å². The SMILES string of the molecule is CCN(Cc1ccccc1)c1ccc(N=Nc2sc3cc(CO)ccc3[n+]2C)cc1. The lowest BCUT2D eigenvalue weighted by molar-refractivity contribution is -0.627. The van der Waals surface area contributed by atoms with E-state index in [1.165, 1.54) is 11.3 Å². The molecule has 0 amide bonds. The average Bonchev–Trinajstić information content (AvgIpc) is 3.12. The van der Waals surface area contributed by atoms with Crippen LogP contribution in [0.15, 0.2) is 83.0 Å². The summed E-state index contributed by atoms with van der Waals surface area (Å²) in [6.45, 7) is 4.02. The van der Waals surface area contributed by atoms with E-state index in [-0.39, 0.29) is 6.61 Å². The number of aromatic nitrogens is 1. The summed E-state index contributed by atoms with van der Waals surface area (Å²) in [5.41, 5.74) is 5.28. The first-order chi connectivity index (χ1) is 14.7. The number of hydrogen-bond donors (Lipinski definition) is 1. The third-order valence-electron chi connectivity index (χ3n) is 5.12. The normalized spacial score (nSPS) is 11.4. The fourth-order valence-corrected chi connectivity index (χ4v) is 4.43. The molecule has 0 spiro atoms. The second kappa shape index (κ2) is 9.15. The van der Waals surface area contributed by atoms with Crippen molar-refractivity contribution in [1.29, 1.82) is 0 Å². The van der Waals surface area contributed by atoms with E-state index in [1.54, 1.807) is 11.3 Å². The lowest BCUT2D eigenvalue weighted by Gasteiger charge is -2.23. The molecule has 0 saturated heterocycles. The van der Waals surface area contributed by atoms with Crippen LogP contribution >= 0.6 is 11.3 Å². The second-order valence-electron chi connectivity index (χ2n) is 7.12. The Balaban J connectivity index is 1.51. The molecule has 0 unspecified atom stereocenters. The van der Waals surface area contributed by atoms with Gasteiger partial charge in [0.2, 0.25) is 0 Å². The maximum Gasteiger partial charge on any atom is 0.409 e. The molecule has 1 N–H and O–H groups in total. The van der Waals surface area contributed by atoms with Gasteiger partial charge in [-0.05, 0) is 70.9 Å². The van der Waals surface area contributed by atoms with E-state index in [2.05, 4.69) is 58.5 Å². The molecule has 30 heavy (non-hydrogen) atoms. The van der Waals surface area contributed by atoms with Crippen LogP contribution in [-0.2, 0) is 20.2 Å². The molecule has 152 valence electrons. The van der Waals surface area contributed by atoms with Crippen molar-refractivity contribution in [3.8, 4) is 0 Å². The van der Waals surface area contributed by atoms with Crippen LogP contribution in [0.3, 0.4) is 0 Å². The molecule has 0 aliphatic heterocycles. The van der Waals surface area contributed by atoms with Crippen molar-refractivity contribution in [2.45, 2.75) is 20.1 Å². The third kappa shape index (κ3) is 4.40. The first-order valence-corrected chi connectivity index (χ1v) is 10.8. The highest BCUT2D eigenvalue weighted by Crippen LogP contribution is 2.29. The van der Waals surface area contributed by atoms with Crippen molar-refractivity contribution >= 4 is 38.1 Å². The zero-order valence-electron chi connectivity index (χ0n) is 17.2. The minimum atomic E-state index is 0.0415. The monoisotopic (exact) mass is 417 g/mol. The fourth-order valence-electron chi connectivity index (χ4n) is 3.39. The lowest BCUT2D eigenvalue weighted by Crippen LogP contribution is -2.25. The number of anilines is 1. The Morgan fingerprint density at radius 2 is 1.70 bits per heavy atom. The first-order valence-electron chi connectivity index (χ1n) is 10.0. The minimum Gasteiger partial charge on any atom is -0.392 e. The molecule has 1 heterocycles. The van der Waals surface area contributed by atoms with Crippen LogP contribution in [0, 0.1) is 0 Å². The molecule has 0 radical (unpaired) electrons. The van der Waals surface area contributed by atoms with Gasteiger partial charge < -0.3 is 10.0 Å². The van der Waals surface area contributed by atoms with Gasteiger partial charge in [-0.1, -0.05) is 36.4 Å². The van der Waals surface area contributed by atoms with Crippen molar-refractivity contribution in [2.24, 2.45) is 17.3 Å². The molecule has 0 fully saturated rings. The minimum absolute atomic E-state index is 0.0415. The third-order valence-corrected chi connectivity index (χ3v) is 6.21. The Labute approximate surface area is 180 Å². The summed E-state index contributed by atoms with van der Waals surface area (Å²) in [6, 6.07) is 24.6. The Morgan fingerprint density at radius 3 is 2.40 bits per heavy atom. The van der Waals surface area contributed by atoms with Crippen molar-refractivity contribution in [3.05, 3.63) is 83.9 Å². The lowest BCUT2D eigenvalue weighted by atomic mass is 10.2. The van der Waals surface area contributed by atoms with Gasteiger partial charge in [-0.15, -0.1) is 0 Å². The molecule has 6 heteroatoms. The Morgan fingerprint density at radius 1 is 0.933 bits per heavy atom. The standard InChI is InChI=1S/C24H25N4OS/c1-3-28(16-18-7-5-4-6-8-18)21-12-10-20(11-13-21)25-26-24-27(2)22-14-9-19(17-29)15-23(22)30-24/h4-15,29H,3,16-17H2,1-2H3/q+1. The molecular weight excluding hydrogens is 392 g/mol. The maximum atomic E-state index is 9.34. The number of rotatable bonds is 7. The molecule has 0 atom stereocenters. The van der Waals surface area contributed by atoms with Gasteiger partial charge >= 0.3 is 5.13 Å². The summed E-state index contributed by atoms with van der Waals surface area (Å²) in [6.07, 6.45) is 0. The molecular formula is C24H25N4OS+. The highest BCUT2D eigenvalue weighted by atomic mass is 32.1. The zero-order chi connectivity index (χ0) is 20.9. The topological polar surface area (TPSA) is 52.1 Å². The van der Waals surface area contributed by atoms with Crippen LogP contribution in [0.25, 0.3) is 10.2 Å². The Bertz CT molecular complexity index is 1150. The van der Waals surface area contributed by atoms with E-state index in [0.29, 0.717) is 0 Å². The molecule has 4 rings (SSSR count). The van der Waals surface area contributed by atoms with E-state index >= 15 is 0 Å². The molecule has 0 aliphatic carbocycles. The summed E-state index contributed by atoms with van der Waals surface area (Å²) in [5, 5.41) is 19.1. The smallest absolute Gasteiger partial charge is 0.392 e. The maximum absolute atomic E-state index is 9.34. The van der Waals surface area contributed by atoms with Gasteiger partial charge in [0.15, 0.2) is 0 Å². The molecule has 1 aromatic heterocycles. The van der Waals surface area contributed by atoms with E-state index < -0.39 is 0 Å². The van der Waals surface area contributed by atoms with Crippen molar-refractivity contribution in [3.63, 3.8) is 0 Å². The van der Waals surface area contributed by atoms with Gasteiger partial charge in [0, 0.05) is 18.8 Å². The fraction of sp³-hybridized carbons (Fsp3) is 0.208. The van der Waals surface area contributed by atoms with E-state index in [4.69, 9.17) is 0 Å². The summed E-state index contributed by atoms with van der Waals surface area (Å²) in [5.74, 6) is 0. The number of aryl methyl sites for hydroxylation is 1. The van der Waals surface area contributed by atoms with Crippen molar-refractivity contribution < 1.29 is 9.67 Å². The number of aliphatic hydroxyl groups excluding tert-OH is 1. The summed E-state index contributed by atoms with van der Waals surface area (Å²) >= 11 is 1.57. The average molecular weight is 418 g/mol. The van der Waals surface area contributed by atoms with Crippen LogP contribution in [0.2, 0.25) is 0 Å². The molecule has 3 aromatic carbocycles. The first kappa shape index (κ1) is 20.2. The van der Waals surface area contributed by atoms with E-state index in [9.17, 15) is 5.11 Å². The summed E-state index contributed by atoms with van der Waals surface area (Å²) < 4.78 is 3.12. The van der Waals surface area contributed by atoms with Crippen LogP contribution < -0.4 is 9.47 Å². The molecule has 4 aromatic rings. The number of hydrogen-bond acceptors (Lipinski definition) is 5. The summed E-state index contributed by atoms with van der Waals surface area (Å²) in [4.78, 5) is 2.33. The van der Waals surface area contributed by atoms with E-state index in [1.807, 2.05) is 48.0 Å². The molecule has 0 bridgehead atoms. The number of thiazole rings is 1. The predicted octanol–water partition coefficient (Wildman–Crippen LogP) is 5.66. The Kier molecular flexibility index (Phi) is 6.16. The number of fused-ring (bicyclic) bond motifs is 1. The van der Waals surface area contributed by atoms with Crippen LogP contribution in [-0.4, -0.2) is 11.7 Å². The second-order valence-corrected chi connectivity index (χ2v) is 8.13. The largest absolute Gasteiger partial charge is 0.409 e. The number of nitrogens with zero attached hydrogens (tertiary/aromatic N) is 4. The molecule has 0 aliphatic rings. The number of azo groups is 1. The zero-order valence-corrected chi connectivity index (χ0v) is 18.0. The van der Waals surface area contributed by atoms with Gasteiger partial charge in [-0.3, -0.25) is 0 Å². The van der Waals surface area contributed by atoms with Gasteiger partial charge in [0.05, 0.1) is 23.5 Å². The predicted molar refractivity (Wildman–Crippen MR) is 123 cm³/mol. The van der Waals surface area contributed by atoms with Crippen LogP contribution in [0.4, 0.5) is 16.5 Å². The molecule has 5 nitrogen and oxygen atoms in total. The van der Waals surface area contributed by atoms with E-state index in [0.717, 1.165) is 39.7 Å². The number of benzene rings is 3. The van der Waals surface area contributed by atoms with Crippen LogP contribution in [0.1, 0.15) is 18.1 Å². The number of aliphatic hydroxyl groups is 1. The quantitative estimate of drug-likeness (QED) is 0.312. The van der Waals surface area contributed by atoms with Gasteiger partial charge in [0.1, 0.15) is 11.2 Å². The van der Waals surface area contributed by atoms with Gasteiger partial charge in [-0.2, -0.15) is 0 Å².